The van der Waals surface area contributed by atoms with Crippen LogP contribution in [0.1, 0.15) is 26.7 Å². The predicted octanol–water partition coefficient (Wildman–Crippen LogP) is 1.94. The fourth-order valence-corrected chi connectivity index (χ4v) is 0.470. The molecule has 42 valence electrons. The molecule has 0 saturated carbocycles. The van der Waals surface area contributed by atoms with Gasteiger partial charge in [0.1, 0.15) is 0 Å². The molecule has 1 unspecified atom stereocenters. The second kappa shape index (κ2) is 3.78. The molecule has 0 aromatic heterocycles. The Labute approximate surface area is 43.9 Å². The SMILES string of the molecule is CCCC(C)N=O. The van der Waals surface area contributed by atoms with Gasteiger partial charge in [-0.1, -0.05) is 18.5 Å². The van der Waals surface area contributed by atoms with Crippen molar-refractivity contribution in [3.63, 3.8) is 0 Å². The lowest BCUT2D eigenvalue weighted by molar-refractivity contribution is 0.650. The van der Waals surface area contributed by atoms with Crippen LogP contribution in [0.5, 0.6) is 0 Å². The van der Waals surface area contributed by atoms with Gasteiger partial charge in [0.25, 0.3) is 0 Å². The third-order valence-electron chi connectivity index (χ3n) is 0.886. The van der Waals surface area contributed by atoms with Gasteiger partial charge < -0.3 is 0 Å². The minimum absolute atomic E-state index is 0.0185. The molecule has 0 fully saturated rings. The zero-order valence-corrected chi connectivity index (χ0v) is 4.85. The predicted molar refractivity (Wildman–Crippen MR) is 30.2 cm³/mol. The van der Waals surface area contributed by atoms with Crippen LogP contribution >= 0.6 is 0 Å². The van der Waals surface area contributed by atoms with Crippen LogP contribution in [0.15, 0.2) is 5.18 Å². The van der Waals surface area contributed by atoms with Gasteiger partial charge in [-0.05, 0) is 13.3 Å². The summed E-state index contributed by atoms with van der Waals surface area (Å²) >= 11 is 0. The number of rotatable bonds is 3. The van der Waals surface area contributed by atoms with Gasteiger partial charge in [0.2, 0.25) is 0 Å². The highest BCUT2D eigenvalue weighted by atomic mass is 16.3. The van der Waals surface area contributed by atoms with Crippen molar-refractivity contribution in [3.8, 4) is 0 Å². The molecule has 0 bridgehead atoms. The van der Waals surface area contributed by atoms with Crippen LogP contribution in [0.25, 0.3) is 0 Å². The first-order valence-corrected chi connectivity index (χ1v) is 2.63. The first kappa shape index (κ1) is 6.60. The molecule has 0 saturated heterocycles. The summed E-state index contributed by atoms with van der Waals surface area (Å²) in [5.74, 6) is 0. The Morgan fingerprint density at radius 3 is 2.43 bits per heavy atom. The first-order chi connectivity index (χ1) is 3.31. The molecule has 0 amide bonds. The molecule has 0 radical (unpaired) electrons. The fraction of sp³-hybridized carbons (Fsp3) is 1.00. The average Bonchev–Trinajstić information content (AvgIpc) is 1.68. The monoisotopic (exact) mass is 101 g/mol. The van der Waals surface area contributed by atoms with E-state index in [9.17, 15) is 4.91 Å². The molecular weight excluding hydrogens is 90.1 g/mol. The van der Waals surface area contributed by atoms with E-state index in [4.69, 9.17) is 0 Å². The largest absolute Gasteiger partial charge is 0.151 e. The number of nitroso groups, excluding NO2 is 1. The topological polar surface area (TPSA) is 29.4 Å². The normalized spacial score (nSPS) is 13.4. The van der Waals surface area contributed by atoms with Crippen LogP contribution in [-0.2, 0) is 0 Å². The van der Waals surface area contributed by atoms with Crippen molar-refractivity contribution in [2.45, 2.75) is 32.7 Å². The van der Waals surface area contributed by atoms with E-state index >= 15 is 0 Å². The molecule has 0 aromatic carbocycles. The molecule has 0 heterocycles. The van der Waals surface area contributed by atoms with Crippen LogP contribution in [0.2, 0.25) is 0 Å². The maximum absolute atomic E-state index is 9.64. The van der Waals surface area contributed by atoms with Crippen molar-refractivity contribution in [1.29, 1.82) is 0 Å². The van der Waals surface area contributed by atoms with Crippen molar-refractivity contribution >= 4 is 0 Å². The third-order valence-corrected chi connectivity index (χ3v) is 0.886. The molecule has 0 spiro atoms. The van der Waals surface area contributed by atoms with E-state index in [0.717, 1.165) is 12.8 Å². The Morgan fingerprint density at radius 2 is 2.29 bits per heavy atom. The van der Waals surface area contributed by atoms with Crippen molar-refractivity contribution in [1.82, 2.24) is 0 Å². The van der Waals surface area contributed by atoms with E-state index in [1.807, 2.05) is 13.8 Å². The maximum Gasteiger partial charge on any atom is 0.0891 e. The number of nitrogens with zero attached hydrogens (tertiary/aromatic N) is 1. The molecular formula is C5H11NO. The summed E-state index contributed by atoms with van der Waals surface area (Å²) in [4.78, 5) is 9.64. The highest BCUT2D eigenvalue weighted by molar-refractivity contribution is 4.54. The van der Waals surface area contributed by atoms with Gasteiger partial charge in [0, 0.05) is 0 Å². The second-order valence-corrected chi connectivity index (χ2v) is 1.74. The van der Waals surface area contributed by atoms with Gasteiger partial charge in [-0.2, -0.15) is 4.91 Å². The van der Waals surface area contributed by atoms with Gasteiger partial charge in [0.15, 0.2) is 0 Å². The van der Waals surface area contributed by atoms with Crippen molar-refractivity contribution in [3.05, 3.63) is 4.91 Å². The van der Waals surface area contributed by atoms with Gasteiger partial charge in [0.05, 0.1) is 6.04 Å². The average molecular weight is 101 g/mol. The zero-order valence-electron chi connectivity index (χ0n) is 4.85. The summed E-state index contributed by atoms with van der Waals surface area (Å²) in [6, 6.07) is 0.0185. The summed E-state index contributed by atoms with van der Waals surface area (Å²) in [5.41, 5.74) is 0. The Bertz CT molecular complexity index is 54.0. The lowest BCUT2D eigenvalue weighted by Gasteiger charge is -1.93. The van der Waals surface area contributed by atoms with Crippen LogP contribution in [0, 0.1) is 4.91 Å². The highest BCUT2D eigenvalue weighted by Crippen LogP contribution is 1.97. The Kier molecular flexibility index (Phi) is 3.56. The standard InChI is InChI=1S/C5H11NO/c1-3-4-5(2)6-7/h5H,3-4H2,1-2H3. The first-order valence-electron chi connectivity index (χ1n) is 2.63. The van der Waals surface area contributed by atoms with E-state index in [0.29, 0.717) is 0 Å². The molecule has 1 atom stereocenters. The lowest BCUT2D eigenvalue weighted by atomic mass is 10.2. The summed E-state index contributed by atoms with van der Waals surface area (Å²) < 4.78 is 0. The van der Waals surface area contributed by atoms with E-state index < -0.39 is 0 Å². The van der Waals surface area contributed by atoms with Crippen molar-refractivity contribution < 1.29 is 0 Å². The fourth-order valence-electron chi connectivity index (χ4n) is 0.470. The van der Waals surface area contributed by atoms with Crippen LogP contribution in [0.3, 0.4) is 0 Å². The van der Waals surface area contributed by atoms with Crippen LogP contribution < -0.4 is 0 Å². The minimum Gasteiger partial charge on any atom is -0.151 e. The van der Waals surface area contributed by atoms with Gasteiger partial charge in [-0.15, -0.1) is 0 Å². The van der Waals surface area contributed by atoms with Gasteiger partial charge in [-0.3, -0.25) is 0 Å². The summed E-state index contributed by atoms with van der Waals surface area (Å²) in [6.45, 7) is 3.87. The molecule has 0 aliphatic carbocycles. The number of hydrogen-bond acceptors (Lipinski definition) is 2. The third kappa shape index (κ3) is 3.43. The Hall–Kier alpha value is -0.400. The van der Waals surface area contributed by atoms with E-state index in [2.05, 4.69) is 5.18 Å². The second-order valence-electron chi connectivity index (χ2n) is 1.74. The molecule has 2 nitrogen and oxygen atoms in total. The van der Waals surface area contributed by atoms with Gasteiger partial charge in [-0.25, -0.2) is 0 Å². The summed E-state index contributed by atoms with van der Waals surface area (Å²) in [5, 5.41) is 2.83. The molecule has 2 heteroatoms. The van der Waals surface area contributed by atoms with Crippen molar-refractivity contribution in [2.24, 2.45) is 5.18 Å². The Morgan fingerprint density at radius 1 is 1.71 bits per heavy atom. The Balaban J connectivity index is 2.98. The summed E-state index contributed by atoms with van der Waals surface area (Å²) in [6.07, 6.45) is 1.97. The molecule has 0 rings (SSSR count). The highest BCUT2D eigenvalue weighted by Gasteiger charge is 1.94. The molecule has 0 N–H and O–H groups in total. The summed E-state index contributed by atoms with van der Waals surface area (Å²) in [7, 11) is 0. The zero-order chi connectivity index (χ0) is 5.70. The molecule has 0 aliphatic heterocycles. The molecule has 7 heavy (non-hydrogen) atoms. The van der Waals surface area contributed by atoms with E-state index in [1.54, 1.807) is 0 Å². The quantitative estimate of drug-likeness (QED) is 0.499. The minimum atomic E-state index is 0.0185. The molecule has 0 aliphatic rings. The van der Waals surface area contributed by atoms with Gasteiger partial charge >= 0.3 is 0 Å². The smallest absolute Gasteiger partial charge is 0.0891 e. The molecule has 0 aromatic rings. The van der Waals surface area contributed by atoms with Crippen LogP contribution in [0.4, 0.5) is 0 Å². The van der Waals surface area contributed by atoms with Crippen molar-refractivity contribution in [2.75, 3.05) is 0 Å². The lowest BCUT2D eigenvalue weighted by Crippen LogP contribution is -1.92. The number of hydrogen-bond donors (Lipinski definition) is 0. The van der Waals surface area contributed by atoms with E-state index in [-0.39, 0.29) is 6.04 Å². The maximum atomic E-state index is 9.64. The van der Waals surface area contributed by atoms with Crippen LogP contribution in [-0.4, -0.2) is 6.04 Å². The van der Waals surface area contributed by atoms with E-state index in [1.165, 1.54) is 0 Å².